The largest absolute Gasteiger partial charge is 0.509 e. The van der Waals surface area contributed by atoms with Gasteiger partial charge in [0.25, 0.3) is 0 Å². The van der Waals surface area contributed by atoms with E-state index in [9.17, 15) is 0 Å². The first-order valence-corrected chi connectivity index (χ1v) is 20.4. The van der Waals surface area contributed by atoms with Crippen LogP contribution in [0, 0.1) is 29.6 Å². The zero-order valence-corrected chi connectivity index (χ0v) is 39.5. The average molecular weight is 953 g/mol. The fourth-order valence-corrected chi connectivity index (χ4v) is 7.84. The van der Waals surface area contributed by atoms with Crippen molar-refractivity contribution in [3.05, 3.63) is 138 Å². The Morgan fingerprint density at radius 1 is 0.534 bits per heavy atom. The Labute approximate surface area is 362 Å². The molecule has 0 unspecified atom stereocenters. The molecule has 4 aromatic carbocycles. The molecule has 0 saturated heterocycles. The van der Waals surface area contributed by atoms with E-state index in [0.717, 1.165) is 44.6 Å². The summed E-state index contributed by atoms with van der Waals surface area (Å²) in [6, 6.07) is 37.9. The maximum atomic E-state index is 6.84. The Balaban J connectivity index is 0.00000567. The van der Waals surface area contributed by atoms with Crippen LogP contribution in [0.4, 0.5) is 11.4 Å². The van der Waals surface area contributed by atoms with Gasteiger partial charge >= 0.3 is 0 Å². The predicted molar refractivity (Wildman–Crippen MR) is 240 cm³/mol. The van der Waals surface area contributed by atoms with Crippen molar-refractivity contribution in [3.63, 3.8) is 0 Å². The zero-order chi connectivity index (χ0) is 41.5. The van der Waals surface area contributed by atoms with Crippen LogP contribution in [0.25, 0.3) is 27.6 Å². The SMILES string of the molecule is CC(C)(C)C1=C(C(C)(C)C)N(c2ccc(C(C)(C)C)cc2)[CH-]N1c1[c-]c(Oc2[c-]c3c(cc2)c2ccccc2n3-c2cc(C(C)(C)C)ccn2)cc(C(C)(C)C)c1.[Pt]. The molecule has 6 aromatic rings. The second kappa shape index (κ2) is 15.0. The molecule has 6 heteroatoms. The Hall–Kier alpha value is -4.34. The van der Waals surface area contributed by atoms with Gasteiger partial charge in [0.1, 0.15) is 5.82 Å². The van der Waals surface area contributed by atoms with Crippen LogP contribution in [0.3, 0.4) is 0 Å². The maximum absolute atomic E-state index is 6.84. The Bertz CT molecular complexity index is 2490. The van der Waals surface area contributed by atoms with Crippen LogP contribution in [-0.4, -0.2) is 9.55 Å². The second-order valence-corrected chi connectivity index (χ2v) is 20.9. The zero-order valence-electron chi connectivity index (χ0n) is 37.3. The molecule has 0 fully saturated rings. The molecule has 0 saturated carbocycles. The molecule has 1 aliphatic rings. The molecule has 0 radical (unpaired) electrons. The molecule has 308 valence electrons. The third-order valence-electron chi connectivity index (χ3n) is 10.9. The van der Waals surface area contributed by atoms with E-state index in [1.54, 1.807) is 0 Å². The van der Waals surface area contributed by atoms with Crippen LogP contribution in [0.1, 0.15) is 121 Å². The van der Waals surface area contributed by atoms with Gasteiger partial charge in [0.05, 0.1) is 0 Å². The van der Waals surface area contributed by atoms with E-state index in [2.05, 4.69) is 216 Å². The number of benzene rings is 4. The minimum atomic E-state index is -0.184. The summed E-state index contributed by atoms with van der Waals surface area (Å²) >= 11 is 0. The van der Waals surface area contributed by atoms with E-state index >= 15 is 0 Å². The first-order chi connectivity index (χ1) is 26.4. The molecule has 0 amide bonds. The number of hydrogen-bond acceptors (Lipinski definition) is 4. The predicted octanol–water partition coefficient (Wildman–Crippen LogP) is 14.2. The van der Waals surface area contributed by atoms with Gasteiger partial charge in [-0.2, -0.15) is 6.07 Å². The molecular formula is C52H61N4OPt-3. The number of para-hydroxylation sites is 1. The van der Waals surface area contributed by atoms with Crippen molar-refractivity contribution in [2.75, 3.05) is 9.80 Å². The van der Waals surface area contributed by atoms with Gasteiger partial charge in [-0.05, 0) is 63.1 Å². The summed E-state index contributed by atoms with van der Waals surface area (Å²) in [6.45, 7) is 36.4. The van der Waals surface area contributed by atoms with Gasteiger partial charge in [-0.25, -0.2) is 4.98 Å². The van der Waals surface area contributed by atoms with Gasteiger partial charge in [-0.15, -0.1) is 53.6 Å². The fourth-order valence-electron chi connectivity index (χ4n) is 7.84. The van der Waals surface area contributed by atoms with Crippen molar-refractivity contribution >= 4 is 33.2 Å². The number of hydrogen-bond donors (Lipinski definition) is 0. The molecule has 1 aliphatic heterocycles. The van der Waals surface area contributed by atoms with Crippen LogP contribution in [-0.2, 0) is 37.3 Å². The maximum Gasteiger partial charge on any atom is 0.135 e. The van der Waals surface area contributed by atoms with Crippen LogP contribution in [0.15, 0.2) is 103 Å². The van der Waals surface area contributed by atoms with E-state index < -0.39 is 0 Å². The average Bonchev–Trinajstić information content (AvgIpc) is 3.68. The van der Waals surface area contributed by atoms with Crippen molar-refractivity contribution in [2.24, 2.45) is 10.8 Å². The molecule has 58 heavy (non-hydrogen) atoms. The standard InChI is InChI=1S/C52H61N4O.Pt/c1-48(2,3)34-20-22-37(23-21-34)54-33-55(47(52(13,14)15)46(54)51(10,11)12)38-28-36(50(7,8)9)29-40(31-38)57-39-24-25-42-41-18-16-17-19-43(41)56(44(42)32-39)45-30-35(26-27-53-45)49(4,5)6;/h16-30,33H,1-15H3;/q-3;. The van der Waals surface area contributed by atoms with E-state index in [4.69, 9.17) is 9.72 Å². The summed E-state index contributed by atoms with van der Waals surface area (Å²) in [5, 5.41) is 2.26. The van der Waals surface area contributed by atoms with Gasteiger partial charge in [0.2, 0.25) is 0 Å². The smallest absolute Gasteiger partial charge is 0.135 e. The summed E-state index contributed by atoms with van der Waals surface area (Å²) in [5.74, 6) is 2.14. The summed E-state index contributed by atoms with van der Waals surface area (Å²) in [5.41, 5.74) is 9.88. The molecule has 0 spiro atoms. The number of anilines is 2. The van der Waals surface area contributed by atoms with Crippen molar-refractivity contribution in [3.8, 4) is 17.3 Å². The van der Waals surface area contributed by atoms with Gasteiger partial charge in [0, 0.05) is 72.2 Å². The number of aromatic nitrogens is 2. The van der Waals surface area contributed by atoms with Crippen LogP contribution < -0.4 is 14.5 Å². The third kappa shape index (κ3) is 8.40. The summed E-state index contributed by atoms with van der Waals surface area (Å²) in [7, 11) is 0. The molecule has 3 heterocycles. The number of fused-ring (bicyclic) bond motifs is 3. The van der Waals surface area contributed by atoms with Gasteiger partial charge < -0.3 is 19.1 Å². The van der Waals surface area contributed by atoms with E-state index in [1.807, 2.05) is 12.3 Å². The number of rotatable bonds is 5. The molecule has 7 rings (SSSR count). The first kappa shape index (κ1) is 43.2. The summed E-state index contributed by atoms with van der Waals surface area (Å²) in [6.07, 6.45) is 1.91. The normalized spacial score (nSPS) is 14.5. The van der Waals surface area contributed by atoms with Crippen molar-refractivity contribution in [2.45, 2.75) is 120 Å². The molecule has 0 atom stereocenters. The van der Waals surface area contributed by atoms with Crippen LogP contribution >= 0.6 is 0 Å². The molecule has 0 N–H and O–H groups in total. The van der Waals surface area contributed by atoms with Crippen LogP contribution in [0.2, 0.25) is 0 Å². The molecule has 0 bridgehead atoms. The van der Waals surface area contributed by atoms with E-state index in [1.165, 1.54) is 22.5 Å². The minimum absolute atomic E-state index is 0. The van der Waals surface area contributed by atoms with Crippen molar-refractivity contribution in [1.82, 2.24) is 9.55 Å². The molecule has 2 aromatic heterocycles. The summed E-state index contributed by atoms with van der Waals surface area (Å²) in [4.78, 5) is 9.60. The van der Waals surface area contributed by atoms with Gasteiger partial charge in [-0.1, -0.05) is 140 Å². The molecule has 0 aliphatic carbocycles. The second-order valence-electron chi connectivity index (χ2n) is 20.9. The van der Waals surface area contributed by atoms with Gasteiger partial charge in [-0.3, -0.25) is 0 Å². The first-order valence-electron chi connectivity index (χ1n) is 20.4. The van der Waals surface area contributed by atoms with Crippen LogP contribution in [0.5, 0.6) is 11.5 Å². The minimum Gasteiger partial charge on any atom is -0.509 e. The Kier molecular flexibility index (Phi) is 11.2. The number of pyridine rings is 1. The monoisotopic (exact) mass is 952 g/mol. The van der Waals surface area contributed by atoms with Crippen molar-refractivity contribution < 1.29 is 25.8 Å². The van der Waals surface area contributed by atoms with E-state index in [-0.39, 0.29) is 48.1 Å². The Morgan fingerprint density at radius 3 is 1.74 bits per heavy atom. The van der Waals surface area contributed by atoms with Gasteiger partial charge in [0.15, 0.2) is 0 Å². The number of allylic oxidation sites excluding steroid dienone is 2. The molecule has 5 nitrogen and oxygen atoms in total. The number of ether oxygens (including phenoxy) is 1. The third-order valence-corrected chi connectivity index (χ3v) is 10.9. The van der Waals surface area contributed by atoms with E-state index in [0.29, 0.717) is 11.5 Å². The Morgan fingerprint density at radius 2 is 1.14 bits per heavy atom. The summed E-state index contributed by atoms with van der Waals surface area (Å²) < 4.78 is 9.06. The fraction of sp³-hybridized carbons (Fsp3) is 0.385. The topological polar surface area (TPSA) is 33.5 Å². The molecular weight excluding hydrogens is 892 g/mol. The quantitative estimate of drug-likeness (QED) is 0.161. The van der Waals surface area contributed by atoms with Crippen molar-refractivity contribution in [1.29, 1.82) is 0 Å². The number of nitrogens with zero attached hydrogens (tertiary/aromatic N) is 4.